The Hall–Kier alpha value is -4.58. The van der Waals surface area contributed by atoms with Crippen molar-refractivity contribution >= 4 is 35.0 Å². The summed E-state index contributed by atoms with van der Waals surface area (Å²) >= 11 is 0. The molecule has 1 unspecified atom stereocenters. The van der Waals surface area contributed by atoms with Crippen molar-refractivity contribution in [3.63, 3.8) is 0 Å². The van der Waals surface area contributed by atoms with Gasteiger partial charge in [0.2, 0.25) is 0 Å². The SMILES string of the molecule is C=CC1=C(C=C)C2(C(/C=C\C)=C(C)c3cc4c(cc32)C(=O)OC4=O)c2cc3c(cc21)C(=O)OC3=O. The summed E-state index contributed by atoms with van der Waals surface area (Å²) in [5.74, 6) is -2.77. The summed E-state index contributed by atoms with van der Waals surface area (Å²) in [6.07, 6.45) is 7.34. The molecule has 6 heteroatoms. The summed E-state index contributed by atoms with van der Waals surface area (Å²) in [4.78, 5) is 49.7. The van der Waals surface area contributed by atoms with Crippen LogP contribution in [0.5, 0.6) is 0 Å². The lowest BCUT2D eigenvalue weighted by molar-refractivity contribution is 0.0425. The Kier molecular flexibility index (Phi) is 4.04. The van der Waals surface area contributed by atoms with Crippen molar-refractivity contribution in [3.05, 3.63) is 117 Å². The van der Waals surface area contributed by atoms with E-state index in [1.165, 1.54) is 0 Å². The first-order chi connectivity index (χ1) is 16.8. The Bertz CT molecular complexity index is 1610. The van der Waals surface area contributed by atoms with Crippen LogP contribution in [0.3, 0.4) is 0 Å². The maximum Gasteiger partial charge on any atom is 0.346 e. The van der Waals surface area contributed by atoms with Gasteiger partial charge in [0.1, 0.15) is 0 Å². The third-order valence-electron chi connectivity index (χ3n) is 7.31. The van der Waals surface area contributed by atoms with Gasteiger partial charge >= 0.3 is 23.9 Å². The number of carbonyl (C=O) groups is 4. The average molecular weight is 462 g/mol. The van der Waals surface area contributed by atoms with E-state index < -0.39 is 29.3 Å². The molecule has 2 aliphatic carbocycles. The summed E-state index contributed by atoms with van der Waals surface area (Å²) in [5.41, 5.74) is 6.24. The van der Waals surface area contributed by atoms with Gasteiger partial charge in [-0.15, -0.1) is 0 Å². The molecule has 1 spiro atoms. The third-order valence-corrected chi connectivity index (χ3v) is 7.31. The number of ether oxygens (including phenoxy) is 2. The molecule has 0 saturated carbocycles. The van der Waals surface area contributed by atoms with E-state index in [0.717, 1.165) is 44.5 Å². The van der Waals surface area contributed by atoms with Crippen molar-refractivity contribution in [1.82, 2.24) is 0 Å². The summed E-state index contributed by atoms with van der Waals surface area (Å²) in [5, 5.41) is 0. The molecule has 2 aliphatic heterocycles. The smallest absolute Gasteiger partial charge is 0.346 e. The zero-order valence-electron chi connectivity index (χ0n) is 19.0. The van der Waals surface area contributed by atoms with Gasteiger partial charge in [0.15, 0.2) is 0 Å². The Balaban J connectivity index is 1.81. The van der Waals surface area contributed by atoms with E-state index in [1.54, 1.807) is 36.4 Å². The number of rotatable bonds is 3. The van der Waals surface area contributed by atoms with Crippen LogP contribution >= 0.6 is 0 Å². The number of allylic oxidation sites excluding steroid dienone is 8. The van der Waals surface area contributed by atoms with Crippen molar-refractivity contribution in [1.29, 1.82) is 0 Å². The third kappa shape index (κ3) is 2.28. The molecule has 0 N–H and O–H groups in total. The first-order valence-corrected chi connectivity index (χ1v) is 11.0. The minimum Gasteiger partial charge on any atom is -0.386 e. The quantitative estimate of drug-likeness (QED) is 0.466. The van der Waals surface area contributed by atoms with Crippen LogP contribution in [0.4, 0.5) is 0 Å². The van der Waals surface area contributed by atoms with Crippen molar-refractivity contribution in [2.24, 2.45) is 0 Å². The van der Waals surface area contributed by atoms with E-state index >= 15 is 0 Å². The highest BCUT2D eigenvalue weighted by atomic mass is 16.6. The van der Waals surface area contributed by atoms with Crippen LogP contribution in [-0.2, 0) is 14.9 Å². The van der Waals surface area contributed by atoms with E-state index in [4.69, 9.17) is 9.47 Å². The molecule has 170 valence electrons. The van der Waals surface area contributed by atoms with Gasteiger partial charge in [0, 0.05) is 0 Å². The molecule has 4 aliphatic rings. The predicted molar refractivity (Wildman–Crippen MR) is 128 cm³/mol. The molecule has 2 aromatic carbocycles. The second-order valence-corrected chi connectivity index (χ2v) is 8.76. The largest absolute Gasteiger partial charge is 0.386 e. The molecular weight excluding hydrogens is 444 g/mol. The Morgan fingerprint density at radius 1 is 0.686 bits per heavy atom. The number of fused-ring (bicyclic) bond motifs is 6. The standard InChI is InChI=1S/C29H18O6/c1-5-8-22-13(4)15-9-17-19(27(32)34-25(17)30)11-23(15)29(22)21(7-3)14(6-2)16-10-18-20(12-24(16)29)28(33)35-26(18)31/h5-12H,2-3H2,1,4H3/b8-5-. The van der Waals surface area contributed by atoms with Crippen LogP contribution < -0.4 is 0 Å². The van der Waals surface area contributed by atoms with E-state index in [0.29, 0.717) is 0 Å². The summed E-state index contributed by atoms with van der Waals surface area (Å²) in [6.45, 7) is 11.9. The monoisotopic (exact) mass is 462 g/mol. The van der Waals surface area contributed by atoms with Crippen molar-refractivity contribution in [2.45, 2.75) is 19.3 Å². The summed E-state index contributed by atoms with van der Waals surface area (Å²) in [7, 11) is 0. The van der Waals surface area contributed by atoms with Gasteiger partial charge in [-0.25, -0.2) is 19.2 Å². The molecule has 2 heterocycles. The minimum atomic E-state index is -0.950. The lowest BCUT2D eigenvalue weighted by atomic mass is 9.68. The first kappa shape index (κ1) is 21.0. The second kappa shape index (κ2) is 6.73. The van der Waals surface area contributed by atoms with Crippen LogP contribution in [0.25, 0.3) is 11.1 Å². The number of esters is 4. The molecule has 0 radical (unpaired) electrons. The fourth-order valence-electron chi connectivity index (χ4n) is 5.96. The number of hydrogen-bond acceptors (Lipinski definition) is 6. The lowest BCUT2D eigenvalue weighted by Crippen LogP contribution is -2.28. The van der Waals surface area contributed by atoms with Crippen LogP contribution in [-0.4, -0.2) is 23.9 Å². The van der Waals surface area contributed by atoms with Gasteiger partial charge in [-0.1, -0.05) is 37.5 Å². The van der Waals surface area contributed by atoms with E-state index in [2.05, 4.69) is 13.2 Å². The van der Waals surface area contributed by atoms with Crippen molar-refractivity contribution in [2.75, 3.05) is 0 Å². The minimum absolute atomic E-state index is 0.184. The van der Waals surface area contributed by atoms with Gasteiger partial charge in [0.25, 0.3) is 0 Å². The Morgan fingerprint density at radius 3 is 1.66 bits per heavy atom. The lowest BCUT2D eigenvalue weighted by Gasteiger charge is -2.33. The van der Waals surface area contributed by atoms with Crippen LogP contribution in [0, 0.1) is 0 Å². The molecule has 0 saturated heterocycles. The fraction of sp³-hybridized carbons (Fsp3) is 0.103. The molecule has 6 nitrogen and oxygen atoms in total. The first-order valence-electron chi connectivity index (χ1n) is 11.0. The van der Waals surface area contributed by atoms with E-state index in [9.17, 15) is 19.2 Å². The fourth-order valence-corrected chi connectivity index (χ4v) is 5.96. The van der Waals surface area contributed by atoms with Gasteiger partial charge in [-0.3, -0.25) is 0 Å². The van der Waals surface area contributed by atoms with Crippen LogP contribution in [0.1, 0.15) is 77.5 Å². The zero-order chi connectivity index (χ0) is 24.8. The van der Waals surface area contributed by atoms with Gasteiger partial charge in [-0.2, -0.15) is 0 Å². The van der Waals surface area contributed by atoms with Gasteiger partial charge in [-0.05, 0) is 82.7 Å². The summed E-state index contributed by atoms with van der Waals surface area (Å²) in [6, 6.07) is 6.76. The molecule has 0 amide bonds. The highest BCUT2D eigenvalue weighted by molar-refractivity contribution is 6.17. The molecule has 0 fully saturated rings. The van der Waals surface area contributed by atoms with Crippen LogP contribution in [0.2, 0.25) is 0 Å². The molecule has 6 rings (SSSR count). The number of hydrogen-bond donors (Lipinski definition) is 0. The Morgan fingerprint density at radius 2 is 1.17 bits per heavy atom. The maximum absolute atomic E-state index is 12.5. The normalized spacial score (nSPS) is 21.5. The summed E-state index contributed by atoms with van der Waals surface area (Å²) < 4.78 is 9.74. The molecule has 0 aromatic heterocycles. The molecule has 1 atom stereocenters. The number of carbonyl (C=O) groups excluding carboxylic acids is 4. The zero-order valence-corrected chi connectivity index (χ0v) is 19.0. The van der Waals surface area contributed by atoms with E-state index in [1.807, 2.05) is 26.0 Å². The number of cyclic esters (lactones) is 4. The van der Waals surface area contributed by atoms with Crippen molar-refractivity contribution < 1.29 is 28.7 Å². The molecule has 0 bridgehead atoms. The van der Waals surface area contributed by atoms with Crippen LogP contribution in [0.15, 0.2) is 72.9 Å². The maximum atomic E-state index is 12.5. The topological polar surface area (TPSA) is 86.7 Å². The predicted octanol–water partition coefficient (Wildman–Crippen LogP) is 5.10. The average Bonchev–Trinajstić information content (AvgIpc) is 3.47. The van der Waals surface area contributed by atoms with Gasteiger partial charge < -0.3 is 9.47 Å². The van der Waals surface area contributed by atoms with Gasteiger partial charge in [0.05, 0.1) is 27.7 Å². The number of benzene rings is 2. The highest BCUT2D eigenvalue weighted by Crippen LogP contribution is 2.62. The highest BCUT2D eigenvalue weighted by Gasteiger charge is 2.53. The van der Waals surface area contributed by atoms with E-state index in [-0.39, 0.29) is 22.3 Å². The Labute approximate surface area is 200 Å². The molecular formula is C29H18O6. The molecule has 2 aromatic rings. The second-order valence-electron chi connectivity index (χ2n) is 8.76. The van der Waals surface area contributed by atoms with Crippen molar-refractivity contribution in [3.8, 4) is 0 Å². The molecule has 35 heavy (non-hydrogen) atoms.